The fraction of sp³-hybridized carbons (Fsp3) is 0.435. The van der Waals surface area contributed by atoms with Gasteiger partial charge in [0.05, 0.1) is 25.4 Å². The Morgan fingerprint density at radius 2 is 1.77 bits per heavy atom. The third-order valence-electron chi connectivity index (χ3n) is 3.87. The van der Waals surface area contributed by atoms with E-state index in [-0.39, 0.29) is 38.5 Å². The van der Waals surface area contributed by atoms with Gasteiger partial charge in [-0.25, -0.2) is 0 Å². The Labute approximate surface area is 192 Å². The zero-order valence-electron chi connectivity index (χ0n) is 17.3. The molecule has 2 heterocycles. The van der Waals surface area contributed by atoms with Crippen molar-refractivity contribution < 1.29 is 39.8 Å². The first kappa shape index (κ1) is 26.4. The maximum atomic E-state index is 8.56. The Balaban J connectivity index is 0.000000229. The summed E-state index contributed by atoms with van der Waals surface area (Å²) in [6.45, 7) is 6.36. The van der Waals surface area contributed by atoms with Crippen LogP contribution in [-0.2, 0) is 29.6 Å². The molecular formula is C23H29IrN2O4. The standard InChI is InChI=1S/C9H9NO.C9H8NO.C5H12O2.Ir/c2*1-2-4-8(5-3-1)9-10-6-7-11-9;1-4(6)3-5(2)7;/h1-4,9H,6-7H2;1-4H,6-7H2;4-7H,3H2,1-2H3;/q-2;-1;;+3. The van der Waals surface area contributed by atoms with E-state index in [4.69, 9.17) is 19.7 Å². The molecule has 0 aromatic heterocycles. The number of hydrogen-bond donors (Lipinski definition) is 2. The van der Waals surface area contributed by atoms with Crippen molar-refractivity contribution in [1.82, 2.24) is 0 Å². The Bertz CT molecular complexity index is 700. The van der Waals surface area contributed by atoms with Crippen molar-refractivity contribution in [3.8, 4) is 0 Å². The second kappa shape index (κ2) is 15.2. The zero-order chi connectivity index (χ0) is 20.9. The first-order valence-electron chi connectivity index (χ1n) is 9.81. The Hall–Kier alpha value is -1.60. The van der Waals surface area contributed by atoms with Gasteiger partial charge >= 0.3 is 20.1 Å². The number of benzene rings is 2. The molecule has 2 N–H and O–H groups in total. The van der Waals surface area contributed by atoms with E-state index in [2.05, 4.69) is 22.4 Å². The molecule has 164 valence electrons. The molecule has 0 aliphatic carbocycles. The predicted octanol–water partition coefficient (Wildman–Crippen LogP) is 3.29. The molecule has 0 saturated carbocycles. The van der Waals surface area contributed by atoms with Crippen LogP contribution in [0.3, 0.4) is 0 Å². The topological polar surface area (TPSA) is 85.4 Å². The molecule has 30 heavy (non-hydrogen) atoms. The molecule has 0 amide bonds. The second-order valence-corrected chi connectivity index (χ2v) is 6.69. The van der Waals surface area contributed by atoms with Crippen LogP contribution < -0.4 is 0 Å². The van der Waals surface area contributed by atoms with Crippen LogP contribution in [0.4, 0.5) is 0 Å². The molecule has 7 heteroatoms. The molecule has 1 fully saturated rings. The molecule has 0 radical (unpaired) electrons. The second-order valence-electron chi connectivity index (χ2n) is 6.69. The van der Waals surface area contributed by atoms with Gasteiger partial charge in [-0.05, 0) is 26.5 Å². The minimum atomic E-state index is -0.375. The summed E-state index contributed by atoms with van der Waals surface area (Å²) in [6, 6.07) is 21.6. The van der Waals surface area contributed by atoms with Gasteiger partial charge in [-0.2, -0.15) is 35.9 Å². The minimum Gasteiger partial charge on any atom is -0.633 e. The van der Waals surface area contributed by atoms with Gasteiger partial charge in [0, 0.05) is 6.61 Å². The third kappa shape index (κ3) is 10.4. The van der Waals surface area contributed by atoms with Crippen LogP contribution in [0, 0.1) is 12.1 Å². The quantitative estimate of drug-likeness (QED) is 0.537. The van der Waals surface area contributed by atoms with Crippen LogP contribution in [0.15, 0.2) is 53.5 Å². The van der Waals surface area contributed by atoms with E-state index in [0.29, 0.717) is 13.0 Å². The fourth-order valence-electron chi connectivity index (χ4n) is 2.65. The third-order valence-corrected chi connectivity index (χ3v) is 3.87. The van der Waals surface area contributed by atoms with E-state index in [9.17, 15) is 0 Å². The Kier molecular flexibility index (Phi) is 13.4. The van der Waals surface area contributed by atoms with Crippen molar-refractivity contribution in [3.05, 3.63) is 77.1 Å². The Morgan fingerprint density at radius 3 is 2.20 bits per heavy atom. The maximum Gasteiger partial charge on any atom is 3.00 e. The molecule has 3 unspecified atom stereocenters. The van der Waals surface area contributed by atoms with Crippen molar-refractivity contribution in [2.45, 2.75) is 38.7 Å². The number of aliphatic hydroxyl groups excluding tert-OH is 2. The molecule has 2 aromatic carbocycles. The zero-order valence-corrected chi connectivity index (χ0v) is 19.7. The van der Waals surface area contributed by atoms with Crippen molar-refractivity contribution >= 4 is 5.90 Å². The number of nitrogens with zero attached hydrogens (tertiary/aromatic N) is 2. The van der Waals surface area contributed by atoms with E-state index in [1.54, 1.807) is 13.8 Å². The van der Waals surface area contributed by atoms with Crippen LogP contribution >= 0.6 is 0 Å². The average molecular weight is 590 g/mol. The van der Waals surface area contributed by atoms with Gasteiger partial charge in [-0.15, -0.1) is 36.9 Å². The molecule has 4 rings (SSSR count). The largest absolute Gasteiger partial charge is 3.00 e. The minimum absolute atomic E-state index is 0. The monoisotopic (exact) mass is 590 g/mol. The molecule has 3 atom stereocenters. The van der Waals surface area contributed by atoms with Gasteiger partial charge in [0.25, 0.3) is 0 Å². The van der Waals surface area contributed by atoms with Gasteiger partial charge < -0.3 is 25.0 Å². The summed E-state index contributed by atoms with van der Waals surface area (Å²) in [5.74, 6) is 0.727. The number of hydrogen-bond acceptors (Lipinski definition) is 5. The predicted molar refractivity (Wildman–Crippen MR) is 113 cm³/mol. The molecule has 2 aromatic rings. The molecule has 2 aliphatic rings. The summed E-state index contributed by atoms with van der Waals surface area (Å²) in [4.78, 5) is 4.17. The summed E-state index contributed by atoms with van der Waals surface area (Å²) < 4.78 is 10.6. The van der Waals surface area contributed by atoms with E-state index in [1.807, 2.05) is 48.5 Å². The maximum absolute atomic E-state index is 8.56. The SMILES string of the molecule is CC(O)CC(C)O.[Ir+3].[c-]1ccccc1C1=NCCO1.[c-]1ccccc1C1[N-]CCO1. The molecule has 2 aliphatic heterocycles. The summed E-state index contributed by atoms with van der Waals surface area (Å²) in [6.07, 6.45) is -0.337. The number of aliphatic hydroxyl groups is 2. The van der Waals surface area contributed by atoms with Crippen LogP contribution in [-0.4, -0.2) is 54.6 Å². The van der Waals surface area contributed by atoms with Gasteiger partial charge in [-0.1, -0.05) is 5.56 Å². The summed E-state index contributed by atoms with van der Waals surface area (Å²) in [5.41, 5.74) is 1.98. The summed E-state index contributed by atoms with van der Waals surface area (Å²) in [7, 11) is 0. The van der Waals surface area contributed by atoms with Gasteiger partial charge in [0.1, 0.15) is 5.90 Å². The van der Waals surface area contributed by atoms with E-state index < -0.39 is 0 Å². The van der Waals surface area contributed by atoms with Gasteiger partial charge in [-0.3, -0.25) is 4.99 Å². The molecule has 0 bridgehead atoms. The number of ether oxygens (including phenoxy) is 2. The van der Waals surface area contributed by atoms with Crippen LogP contribution in [0.2, 0.25) is 0 Å². The molecule has 6 nitrogen and oxygen atoms in total. The van der Waals surface area contributed by atoms with Crippen molar-refractivity contribution in [1.29, 1.82) is 0 Å². The number of rotatable bonds is 4. The van der Waals surface area contributed by atoms with Gasteiger partial charge in [0.2, 0.25) is 0 Å². The first-order valence-corrected chi connectivity index (χ1v) is 9.81. The molecular weight excluding hydrogens is 560 g/mol. The van der Waals surface area contributed by atoms with E-state index in [0.717, 1.165) is 36.7 Å². The van der Waals surface area contributed by atoms with Crippen molar-refractivity contribution in [2.75, 3.05) is 26.3 Å². The van der Waals surface area contributed by atoms with Crippen LogP contribution in [0.1, 0.15) is 37.6 Å². The first-order chi connectivity index (χ1) is 14.1. The summed E-state index contributed by atoms with van der Waals surface area (Å²) in [5, 5.41) is 21.4. The Morgan fingerprint density at radius 1 is 1.07 bits per heavy atom. The van der Waals surface area contributed by atoms with E-state index in [1.165, 1.54) is 0 Å². The van der Waals surface area contributed by atoms with Crippen LogP contribution in [0.25, 0.3) is 5.32 Å². The van der Waals surface area contributed by atoms with Gasteiger partial charge in [0.15, 0.2) is 0 Å². The molecule has 1 saturated heterocycles. The normalized spacial score (nSPS) is 18.9. The van der Waals surface area contributed by atoms with Crippen molar-refractivity contribution in [2.24, 2.45) is 4.99 Å². The van der Waals surface area contributed by atoms with E-state index >= 15 is 0 Å². The molecule has 0 spiro atoms. The summed E-state index contributed by atoms with van der Waals surface area (Å²) >= 11 is 0. The smallest absolute Gasteiger partial charge is 0.633 e. The van der Waals surface area contributed by atoms with Crippen molar-refractivity contribution in [3.63, 3.8) is 0 Å². The fourth-order valence-corrected chi connectivity index (χ4v) is 2.65. The average Bonchev–Trinajstić information content (AvgIpc) is 3.44. The van der Waals surface area contributed by atoms with Crippen LogP contribution in [0.5, 0.6) is 0 Å². The number of aliphatic imine (C=N–C) groups is 1.